The number of halogens is 1. The van der Waals surface area contributed by atoms with Gasteiger partial charge in [0.2, 0.25) is 0 Å². The largest absolute Gasteiger partial charge is 0.468 e. The zero-order valence-corrected chi connectivity index (χ0v) is 17.0. The van der Waals surface area contributed by atoms with Crippen molar-refractivity contribution in [3.63, 3.8) is 0 Å². The van der Waals surface area contributed by atoms with E-state index in [1.54, 1.807) is 29.6 Å². The molecule has 3 N–H and O–H groups in total. The van der Waals surface area contributed by atoms with Crippen molar-refractivity contribution in [2.45, 2.75) is 18.8 Å². The van der Waals surface area contributed by atoms with Gasteiger partial charge in [-0.2, -0.15) is 0 Å². The van der Waals surface area contributed by atoms with Crippen LogP contribution in [0.4, 0.5) is 0 Å². The number of amides is 1. The van der Waals surface area contributed by atoms with Crippen LogP contribution >= 0.6 is 23.7 Å². The Labute approximate surface area is 167 Å². The topological polar surface area (TPSA) is 128 Å². The number of carbonyl (C=O) groups excluding carboxylic acids is 2. The molecule has 27 heavy (non-hydrogen) atoms. The van der Waals surface area contributed by atoms with Crippen LogP contribution in [0.2, 0.25) is 0 Å². The Morgan fingerprint density at radius 2 is 1.85 bits per heavy atom. The molecule has 0 spiro atoms. The minimum absolute atomic E-state index is 0. The number of carbonyl (C=O) groups is 2. The van der Waals surface area contributed by atoms with Crippen molar-refractivity contribution in [3.05, 3.63) is 51.5 Å². The second kappa shape index (κ2) is 10.4. The summed E-state index contributed by atoms with van der Waals surface area (Å²) in [4.78, 5) is 27.2. The number of ether oxygens (including phenoxy) is 1. The number of esters is 1. The molecule has 148 valence electrons. The maximum Gasteiger partial charge on any atom is 0.320 e. The normalized spacial score (nSPS) is 10.7. The molecule has 0 radical (unpaired) electrons. The first kappa shape index (κ1) is 23.0. The Hall–Kier alpha value is -2.01. The number of aromatic nitrogens is 1. The van der Waals surface area contributed by atoms with E-state index in [2.05, 4.69) is 15.0 Å². The van der Waals surface area contributed by atoms with Crippen molar-refractivity contribution in [1.29, 1.82) is 0 Å². The maximum atomic E-state index is 12.0. The molecule has 0 atom stereocenters. The third-order valence-electron chi connectivity index (χ3n) is 3.39. The molecule has 0 fully saturated rings. The molecule has 1 aromatic heterocycles. The first-order chi connectivity index (χ1) is 12.3. The van der Waals surface area contributed by atoms with Crippen molar-refractivity contribution in [2.24, 2.45) is 5.73 Å². The number of nitrogens with two attached hydrogens (primary N) is 1. The summed E-state index contributed by atoms with van der Waals surface area (Å²) in [6, 6.07) is 6.72. The summed E-state index contributed by atoms with van der Waals surface area (Å²) in [5.41, 5.74) is 7.15. The quantitative estimate of drug-likeness (QED) is 0.595. The molecule has 0 aliphatic heterocycles. The van der Waals surface area contributed by atoms with Crippen molar-refractivity contribution in [3.8, 4) is 0 Å². The second-order valence-electron chi connectivity index (χ2n) is 5.44. The van der Waals surface area contributed by atoms with Crippen LogP contribution in [0.25, 0.3) is 0 Å². The van der Waals surface area contributed by atoms with Crippen molar-refractivity contribution in [1.82, 2.24) is 10.3 Å². The molecular weight excluding hydrogens is 414 g/mol. The Kier molecular flexibility index (Phi) is 8.83. The fraction of sp³-hybridized carbons (Fsp3) is 0.312. The number of thiazole rings is 1. The molecule has 1 amide bonds. The standard InChI is InChI=1S/C16H19N3O5S2.ClH/c1-24-15(20)10-26(22,23)9-12-4-2-11(3-5-12)7-18-16(21)13-8-25-14(6-17)19-13;/h2-5,8H,6-7,9-10,17H2,1H3,(H,18,21);1H. The monoisotopic (exact) mass is 433 g/mol. The lowest BCUT2D eigenvalue weighted by Gasteiger charge is -2.06. The molecule has 11 heteroatoms. The predicted molar refractivity (Wildman–Crippen MR) is 104 cm³/mol. The zero-order valence-electron chi connectivity index (χ0n) is 14.5. The average Bonchev–Trinajstić information content (AvgIpc) is 3.09. The van der Waals surface area contributed by atoms with E-state index in [1.165, 1.54) is 11.3 Å². The fourth-order valence-corrected chi connectivity index (χ4v) is 4.01. The molecule has 8 nitrogen and oxygen atoms in total. The Bertz CT molecular complexity index is 882. The molecule has 0 saturated heterocycles. The van der Waals surface area contributed by atoms with Gasteiger partial charge in [-0.05, 0) is 11.1 Å². The van der Waals surface area contributed by atoms with Gasteiger partial charge in [-0.1, -0.05) is 24.3 Å². The summed E-state index contributed by atoms with van der Waals surface area (Å²) in [7, 11) is -2.44. The lowest BCUT2D eigenvalue weighted by molar-refractivity contribution is -0.137. The highest BCUT2D eigenvalue weighted by molar-refractivity contribution is 7.91. The van der Waals surface area contributed by atoms with Gasteiger partial charge < -0.3 is 15.8 Å². The molecule has 0 saturated carbocycles. The van der Waals surface area contributed by atoms with Crippen LogP contribution in [0.3, 0.4) is 0 Å². The predicted octanol–water partition coefficient (Wildman–Crippen LogP) is 1.04. The molecule has 0 aliphatic rings. The summed E-state index contributed by atoms with van der Waals surface area (Å²) >= 11 is 1.33. The number of hydrogen-bond acceptors (Lipinski definition) is 8. The number of nitrogens with zero attached hydrogens (tertiary/aromatic N) is 1. The van der Waals surface area contributed by atoms with Crippen molar-refractivity contribution < 1.29 is 22.7 Å². The van der Waals surface area contributed by atoms with Crippen molar-refractivity contribution >= 4 is 45.5 Å². The van der Waals surface area contributed by atoms with Gasteiger partial charge in [0.15, 0.2) is 9.84 Å². The molecule has 0 unspecified atom stereocenters. The molecule has 1 aromatic carbocycles. The molecular formula is C16H20ClN3O5S2. The summed E-state index contributed by atoms with van der Waals surface area (Å²) in [5, 5.41) is 5.07. The third kappa shape index (κ3) is 7.25. The SMILES string of the molecule is COC(=O)CS(=O)(=O)Cc1ccc(CNC(=O)c2csc(CN)n2)cc1.Cl. The first-order valence-corrected chi connectivity index (χ1v) is 10.3. The van der Waals surface area contributed by atoms with Gasteiger partial charge in [0.05, 0.1) is 12.9 Å². The van der Waals surface area contributed by atoms with Gasteiger partial charge in [0.25, 0.3) is 5.91 Å². The highest BCUT2D eigenvalue weighted by atomic mass is 35.5. The highest BCUT2D eigenvalue weighted by Gasteiger charge is 2.17. The van der Waals surface area contributed by atoms with E-state index in [0.717, 1.165) is 12.7 Å². The van der Waals surface area contributed by atoms with Gasteiger partial charge in [0.1, 0.15) is 16.5 Å². The minimum atomic E-state index is -3.58. The summed E-state index contributed by atoms with van der Waals surface area (Å²) in [6.07, 6.45) is 0. The van der Waals surface area contributed by atoms with Gasteiger partial charge in [-0.3, -0.25) is 9.59 Å². The Morgan fingerprint density at radius 3 is 2.41 bits per heavy atom. The summed E-state index contributed by atoms with van der Waals surface area (Å²) < 4.78 is 28.1. The van der Waals surface area contributed by atoms with Crippen LogP contribution in [-0.4, -0.2) is 38.1 Å². The number of rotatable bonds is 8. The third-order valence-corrected chi connectivity index (χ3v) is 5.71. The number of methoxy groups -OCH3 is 1. The molecule has 2 rings (SSSR count). The average molecular weight is 434 g/mol. The molecule has 0 bridgehead atoms. The van der Waals surface area contributed by atoms with Crippen LogP contribution < -0.4 is 11.1 Å². The Morgan fingerprint density at radius 1 is 1.22 bits per heavy atom. The van der Waals surface area contributed by atoms with Crippen LogP contribution in [0, 0.1) is 0 Å². The smallest absolute Gasteiger partial charge is 0.320 e. The summed E-state index contributed by atoms with van der Waals surface area (Å²) in [6.45, 7) is 0.571. The van der Waals surface area contributed by atoms with Crippen LogP contribution in [0.1, 0.15) is 26.6 Å². The number of sulfone groups is 1. The van der Waals surface area contributed by atoms with E-state index in [9.17, 15) is 18.0 Å². The van der Waals surface area contributed by atoms with Gasteiger partial charge in [-0.15, -0.1) is 23.7 Å². The second-order valence-corrected chi connectivity index (χ2v) is 8.45. The maximum absolute atomic E-state index is 12.0. The van der Waals surface area contributed by atoms with E-state index in [4.69, 9.17) is 5.73 Å². The molecule has 0 aliphatic carbocycles. The van der Waals surface area contributed by atoms with Crippen LogP contribution in [0.15, 0.2) is 29.6 Å². The Balaban J connectivity index is 0.00000364. The van der Waals surface area contributed by atoms with Crippen LogP contribution in [-0.2, 0) is 38.2 Å². The lowest BCUT2D eigenvalue weighted by atomic mass is 10.1. The highest BCUT2D eigenvalue weighted by Crippen LogP contribution is 2.11. The number of hydrogen-bond donors (Lipinski definition) is 2. The van der Waals surface area contributed by atoms with E-state index < -0.39 is 21.6 Å². The minimum Gasteiger partial charge on any atom is -0.468 e. The van der Waals surface area contributed by atoms with E-state index in [1.807, 2.05) is 0 Å². The van der Waals surface area contributed by atoms with Gasteiger partial charge >= 0.3 is 5.97 Å². The van der Waals surface area contributed by atoms with Gasteiger partial charge in [0, 0.05) is 18.5 Å². The lowest BCUT2D eigenvalue weighted by Crippen LogP contribution is -2.23. The molecule has 1 heterocycles. The summed E-state index contributed by atoms with van der Waals surface area (Å²) in [5.74, 6) is -2.00. The van der Waals surface area contributed by atoms with E-state index in [-0.39, 0.29) is 37.2 Å². The number of nitrogens with one attached hydrogen (secondary N) is 1. The van der Waals surface area contributed by atoms with E-state index >= 15 is 0 Å². The van der Waals surface area contributed by atoms with Crippen LogP contribution in [0.5, 0.6) is 0 Å². The fourth-order valence-electron chi connectivity index (χ4n) is 2.08. The van der Waals surface area contributed by atoms with Crippen molar-refractivity contribution in [2.75, 3.05) is 12.9 Å². The first-order valence-electron chi connectivity index (χ1n) is 7.60. The molecule has 2 aromatic rings. The zero-order chi connectivity index (χ0) is 19.2. The number of benzene rings is 1. The van der Waals surface area contributed by atoms with Gasteiger partial charge in [-0.25, -0.2) is 13.4 Å². The van der Waals surface area contributed by atoms with E-state index in [0.29, 0.717) is 16.3 Å².